The van der Waals surface area contributed by atoms with Gasteiger partial charge in [0, 0.05) is 11.1 Å². The van der Waals surface area contributed by atoms with E-state index in [0.29, 0.717) is 0 Å². The molecule has 0 saturated heterocycles. The predicted octanol–water partition coefficient (Wildman–Crippen LogP) is 4.94. The third-order valence-corrected chi connectivity index (χ3v) is 3.74. The molecular formula is C19H20O2. The van der Waals surface area contributed by atoms with Crippen molar-refractivity contribution >= 4 is 5.57 Å². The zero-order valence-electron chi connectivity index (χ0n) is 12.9. The zero-order valence-corrected chi connectivity index (χ0v) is 12.9. The highest BCUT2D eigenvalue weighted by atomic mass is 16.5. The van der Waals surface area contributed by atoms with Crippen LogP contribution in [0, 0.1) is 0 Å². The lowest BCUT2D eigenvalue weighted by Crippen LogP contribution is -2.29. The van der Waals surface area contributed by atoms with Gasteiger partial charge < -0.3 is 9.47 Å². The van der Waals surface area contributed by atoms with Crippen LogP contribution in [0.1, 0.15) is 26.3 Å². The third kappa shape index (κ3) is 2.54. The zero-order chi connectivity index (χ0) is 15.0. The average molecular weight is 280 g/mol. The molecule has 3 rings (SSSR count). The van der Waals surface area contributed by atoms with Crippen molar-refractivity contribution in [1.29, 1.82) is 0 Å². The molecule has 108 valence electrons. The van der Waals surface area contributed by atoms with Gasteiger partial charge in [-0.2, -0.15) is 0 Å². The molecule has 0 radical (unpaired) electrons. The summed E-state index contributed by atoms with van der Waals surface area (Å²) in [6.45, 7) is 6.29. The van der Waals surface area contributed by atoms with E-state index in [9.17, 15) is 0 Å². The van der Waals surface area contributed by atoms with E-state index in [1.54, 1.807) is 7.11 Å². The van der Waals surface area contributed by atoms with Gasteiger partial charge in [-0.25, -0.2) is 0 Å². The molecule has 0 aromatic heterocycles. The number of fused-ring (bicyclic) bond motifs is 1. The van der Waals surface area contributed by atoms with Crippen LogP contribution in [0.4, 0.5) is 0 Å². The molecule has 0 unspecified atom stereocenters. The Morgan fingerprint density at radius 1 is 1.00 bits per heavy atom. The topological polar surface area (TPSA) is 18.5 Å². The summed E-state index contributed by atoms with van der Waals surface area (Å²) >= 11 is 0. The van der Waals surface area contributed by atoms with E-state index in [-0.39, 0.29) is 5.60 Å². The maximum Gasteiger partial charge on any atom is 0.136 e. The Bertz CT molecular complexity index is 697. The van der Waals surface area contributed by atoms with Crippen molar-refractivity contribution in [2.24, 2.45) is 0 Å². The molecule has 1 aliphatic heterocycles. The van der Waals surface area contributed by atoms with Gasteiger partial charge in [0.25, 0.3) is 0 Å². The molecule has 0 amide bonds. The van der Waals surface area contributed by atoms with Crippen LogP contribution >= 0.6 is 0 Å². The molecule has 1 heterocycles. The van der Waals surface area contributed by atoms with Crippen LogP contribution in [-0.4, -0.2) is 12.7 Å². The van der Waals surface area contributed by atoms with Crippen molar-refractivity contribution in [3.05, 3.63) is 54.1 Å². The molecule has 2 heteroatoms. The summed E-state index contributed by atoms with van der Waals surface area (Å²) in [6, 6.07) is 14.4. The number of hydrogen-bond donors (Lipinski definition) is 0. The molecule has 1 aliphatic rings. The first kappa shape index (κ1) is 13.7. The molecule has 0 atom stereocenters. The lowest BCUT2D eigenvalue weighted by Gasteiger charge is -2.32. The van der Waals surface area contributed by atoms with Crippen LogP contribution in [0.15, 0.2) is 48.5 Å². The molecule has 2 aromatic rings. The summed E-state index contributed by atoms with van der Waals surface area (Å²) in [5.74, 6) is 1.79. The molecule has 0 bridgehead atoms. The lowest BCUT2D eigenvalue weighted by atomic mass is 9.91. The summed E-state index contributed by atoms with van der Waals surface area (Å²) in [5, 5.41) is 0. The second-order valence-corrected chi connectivity index (χ2v) is 5.95. The minimum absolute atomic E-state index is 0.296. The lowest BCUT2D eigenvalue weighted by molar-refractivity contribution is 0.158. The summed E-state index contributed by atoms with van der Waals surface area (Å²) in [6.07, 6.45) is 2.16. The fraction of sp³-hybridized carbons (Fsp3) is 0.263. The molecule has 0 fully saturated rings. The number of benzene rings is 2. The highest BCUT2D eigenvalue weighted by Crippen LogP contribution is 2.44. The van der Waals surface area contributed by atoms with Crippen molar-refractivity contribution in [2.45, 2.75) is 26.4 Å². The number of allylic oxidation sites excluding steroid dienone is 1. The van der Waals surface area contributed by atoms with Gasteiger partial charge >= 0.3 is 0 Å². The van der Waals surface area contributed by atoms with Gasteiger partial charge in [0.05, 0.1) is 7.11 Å². The Morgan fingerprint density at radius 2 is 1.67 bits per heavy atom. The molecule has 0 saturated carbocycles. The van der Waals surface area contributed by atoms with Crippen molar-refractivity contribution in [1.82, 2.24) is 0 Å². The van der Waals surface area contributed by atoms with Crippen LogP contribution in [0.5, 0.6) is 11.5 Å². The second kappa shape index (κ2) is 4.96. The second-order valence-electron chi connectivity index (χ2n) is 5.95. The summed E-state index contributed by atoms with van der Waals surface area (Å²) in [4.78, 5) is 0. The molecule has 2 aromatic carbocycles. The van der Waals surface area contributed by atoms with E-state index in [1.807, 2.05) is 30.3 Å². The Morgan fingerprint density at radius 3 is 2.33 bits per heavy atom. The normalized spacial score (nSPS) is 15.7. The Balaban J connectivity index is 2.26. The smallest absolute Gasteiger partial charge is 0.136 e. The van der Waals surface area contributed by atoms with Crippen LogP contribution < -0.4 is 9.47 Å². The van der Waals surface area contributed by atoms with E-state index in [1.165, 1.54) is 5.57 Å². The van der Waals surface area contributed by atoms with E-state index in [0.717, 1.165) is 28.2 Å². The predicted molar refractivity (Wildman–Crippen MR) is 86.8 cm³/mol. The molecule has 2 nitrogen and oxygen atoms in total. The van der Waals surface area contributed by atoms with E-state index < -0.39 is 0 Å². The quantitative estimate of drug-likeness (QED) is 0.776. The summed E-state index contributed by atoms with van der Waals surface area (Å²) < 4.78 is 11.7. The van der Waals surface area contributed by atoms with Gasteiger partial charge in [-0.1, -0.05) is 30.3 Å². The van der Waals surface area contributed by atoms with Crippen molar-refractivity contribution in [2.75, 3.05) is 7.11 Å². The summed E-state index contributed by atoms with van der Waals surface area (Å²) in [7, 11) is 1.70. The first-order chi connectivity index (χ1) is 10.00. The Kier molecular flexibility index (Phi) is 3.25. The standard InChI is InChI=1S/C19H20O2/c1-13-12-19(2,3)21-18-16(13)10-15(20-4)11-17(18)14-8-6-5-7-9-14/h5-12H,1-4H3. The van der Waals surface area contributed by atoms with Crippen LogP contribution in [0.3, 0.4) is 0 Å². The van der Waals surface area contributed by atoms with Crippen molar-refractivity contribution in [3.63, 3.8) is 0 Å². The number of rotatable bonds is 2. The van der Waals surface area contributed by atoms with Crippen LogP contribution in [-0.2, 0) is 0 Å². The van der Waals surface area contributed by atoms with Crippen molar-refractivity contribution < 1.29 is 9.47 Å². The van der Waals surface area contributed by atoms with Gasteiger partial charge in [-0.3, -0.25) is 0 Å². The fourth-order valence-corrected chi connectivity index (χ4v) is 2.85. The highest BCUT2D eigenvalue weighted by molar-refractivity contribution is 5.83. The number of ether oxygens (including phenoxy) is 2. The van der Waals surface area contributed by atoms with Crippen LogP contribution in [0.2, 0.25) is 0 Å². The largest absolute Gasteiger partial charge is 0.497 e. The monoisotopic (exact) mass is 280 g/mol. The van der Waals surface area contributed by atoms with Gasteiger partial charge in [0.2, 0.25) is 0 Å². The van der Waals surface area contributed by atoms with Crippen LogP contribution in [0.25, 0.3) is 16.7 Å². The molecule has 0 spiro atoms. The number of hydrogen-bond acceptors (Lipinski definition) is 2. The third-order valence-electron chi connectivity index (χ3n) is 3.74. The first-order valence-electron chi connectivity index (χ1n) is 7.16. The molecular weight excluding hydrogens is 260 g/mol. The number of methoxy groups -OCH3 is 1. The first-order valence-corrected chi connectivity index (χ1v) is 7.16. The minimum atomic E-state index is -0.296. The van der Waals surface area contributed by atoms with E-state index in [2.05, 4.69) is 39.0 Å². The Labute approximate surface area is 126 Å². The SMILES string of the molecule is COc1cc2c(c(-c3ccccc3)c1)OC(C)(C)C=C2C. The maximum absolute atomic E-state index is 6.24. The van der Waals surface area contributed by atoms with E-state index in [4.69, 9.17) is 9.47 Å². The van der Waals surface area contributed by atoms with Gasteiger partial charge in [-0.05, 0) is 50.1 Å². The fourth-order valence-electron chi connectivity index (χ4n) is 2.85. The Hall–Kier alpha value is -2.22. The van der Waals surface area contributed by atoms with E-state index >= 15 is 0 Å². The van der Waals surface area contributed by atoms with Gasteiger partial charge in [0.15, 0.2) is 0 Å². The van der Waals surface area contributed by atoms with Gasteiger partial charge in [0.1, 0.15) is 17.1 Å². The summed E-state index contributed by atoms with van der Waals surface area (Å²) in [5.41, 5.74) is 4.24. The molecule has 21 heavy (non-hydrogen) atoms. The molecule has 0 N–H and O–H groups in total. The highest BCUT2D eigenvalue weighted by Gasteiger charge is 2.28. The maximum atomic E-state index is 6.24. The van der Waals surface area contributed by atoms with Gasteiger partial charge in [-0.15, -0.1) is 0 Å². The minimum Gasteiger partial charge on any atom is -0.497 e. The van der Waals surface area contributed by atoms with Crippen molar-refractivity contribution in [3.8, 4) is 22.6 Å². The molecule has 0 aliphatic carbocycles. The average Bonchev–Trinajstić information content (AvgIpc) is 2.46.